The summed E-state index contributed by atoms with van der Waals surface area (Å²) in [7, 11) is 3.94. The third kappa shape index (κ3) is 4.81. The lowest BCUT2D eigenvalue weighted by atomic mass is 10.1. The second-order valence-corrected chi connectivity index (χ2v) is 5.49. The summed E-state index contributed by atoms with van der Waals surface area (Å²) in [5.74, 6) is 2.05. The van der Waals surface area contributed by atoms with Gasteiger partial charge >= 0.3 is 0 Å². The van der Waals surface area contributed by atoms with Crippen LogP contribution in [0.5, 0.6) is 0 Å². The first-order chi connectivity index (χ1) is 9.31. The Morgan fingerprint density at radius 1 is 1.20 bits per heavy atom. The van der Waals surface area contributed by atoms with Crippen LogP contribution in [0.1, 0.15) is 17.8 Å². The Labute approximate surface area is 130 Å². The highest BCUT2D eigenvalue weighted by Crippen LogP contribution is 2.17. The molecular formula is C14H21ClN4S. The summed E-state index contributed by atoms with van der Waals surface area (Å²) in [6.07, 6.45) is 2.28. The van der Waals surface area contributed by atoms with Gasteiger partial charge in [-0.25, -0.2) is 0 Å². The number of nitrogens with zero attached hydrogens (tertiary/aromatic N) is 3. The predicted molar refractivity (Wildman–Crippen MR) is 86.5 cm³/mol. The van der Waals surface area contributed by atoms with Crippen molar-refractivity contribution in [2.45, 2.75) is 24.5 Å². The van der Waals surface area contributed by atoms with Gasteiger partial charge in [-0.15, -0.1) is 22.6 Å². The van der Waals surface area contributed by atoms with Crippen LogP contribution in [0.4, 0.5) is 0 Å². The van der Waals surface area contributed by atoms with Crippen LogP contribution in [0, 0.1) is 0 Å². The minimum Gasteiger partial charge on any atom is -0.313 e. The van der Waals surface area contributed by atoms with Gasteiger partial charge < -0.3 is 9.88 Å². The first-order valence-electron chi connectivity index (χ1n) is 6.51. The number of hydrogen-bond donors (Lipinski definition) is 1. The number of rotatable bonds is 7. The molecule has 110 valence electrons. The Morgan fingerprint density at radius 3 is 2.65 bits per heavy atom. The quantitative estimate of drug-likeness (QED) is 0.630. The highest BCUT2D eigenvalue weighted by Gasteiger charge is 2.07. The molecule has 0 saturated carbocycles. The number of benzene rings is 1. The van der Waals surface area contributed by atoms with Gasteiger partial charge in [0, 0.05) is 12.8 Å². The molecule has 0 bridgehead atoms. The molecule has 20 heavy (non-hydrogen) atoms. The number of hydrogen-bond acceptors (Lipinski definition) is 4. The lowest BCUT2D eigenvalue weighted by Gasteiger charge is -2.03. The molecule has 2 aromatic rings. The Balaban J connectivity index is 0.00000200. The number of aryl methyl sites for hydroxylation is 1. The van der Waals surface area contributed by atoms with E-state index in [2.05, 4.69) is 50.4 Å². The summed E-state index contributed by atoms with van der Waals surface area (Å²) in [4.78, 5) is 0. The number of aromatic nitrogens is 3. The second kappa shape index (κ2) is 9.00. The van der Waals surface area contributed by atoms with Crippen LogP contribution in [-0.4, -0.2) is 27.6 Å². The molecule has 0 saturated heterocycles. The fraction of sp³-hybridized carbons (Fsp3) is 0.429. The van der Waals surface area contributed by atoms with Gasteiger partial charge in [-0.1, -0.05) is 42.1 Å². The maximum Gasteiger partial charge on any atom is 0.190 e. The van der Waals surface area contributed by atoms with Gasteiger partial charge in [0.05, 0.1) is 6.54 Å². The van der Waals surface area contributed by atoms with Crippen molar-refractivity contribution in [3.63, 3.8) is 0 Å². The summed E-state index contributed by atoms with van der Waals surface area (Å²) < 4.78 is 2.06. The highest BCUT2D eigenvalue weighted by atomic mass is 35.5. The van der Waals surface area contributed by atoms with Crippen LogP contribution in [0.2, 0.25) is 0 Å². The average Bonchev–Trinajstić information content (AvgIpc) is 2.78. The van der Waals surface area contributed by atoms with Gasteiger partial charge in [0.2, 0.25) is 0 Å². The smallest absolute Gasteiger partial charge is 0.190 e. The Morgan fingerprint density at radius 2 is 1.95 bits per heavy atom. The summed E-state index contributed by atoms with van der Waals surface area (Å²) in [6, 6.07) is 10.6. The Bertz CT molecular complexity index is 501. The van der Waals surface area contributed by atoms with E-state index in [9.17, 15) is 0 Å². The zero-order chi connectivity index (χ0) is 13.5. The minimum absolute atomic E-state index is 0. The number of halogens is 1. The molecule has 1 heterocycles. The van der Waals surface area contributed by atoms with Crippen molar-refractivity contribution in [2.75, 3.05) is 12.8 Å². The van der Waals surface area contributed by atoms with E-state index in [4.69, 9.17) is 0 Å². The van der Waals surface area contributed by atoms with Gasteiger partial charge in [0.15, 0.2) is 5.16 Å². The molecule has 1 aromatic heterocycles. The predicted octanol–water partition coefficient (Wildman–Crippen LogP) is 2.68. The molecule has 0 aliphatic carbocycles. The van der Waals surface area contributed by atoms with E-state index in [1.165, 1.54) is 5.56 Å². The monoisotopic (exact) mass is 312 g/mol. The fourth-order valence-electron chi connectivity index (χ4n) is 1.87. The van der Waals surface area contributed by atoms with Crippen LogP contribution < -0.4 is 5.32 Å². The van der Waals surface area contributed by atoms with Crippen LogP contribution >= 0.6 is 24.2 Å². The summed E-state index contributed by atoms with van der Waals surface area (Å²) in [5, 5.41) is 12.5. The molecule has 0 unspecified atom stereocenters. The number of thioether (sulfide) groups is 1. The van der Waals surface area contributed by atoms with E-state index < -0.39 is 0 Å². The van der Waals surface area contributed by atoms with Crippen molar-refractivity contribution in [3.8, 4) is 0 Å². The summed E-state index contributed by atoms with van der Waals surface area (Å²) in [6.45, 7) is 0.758. The Kier molecular flexibility index (Phi) is 7.65. The van der Waals surface area contributed by atoms with Crippen LogP contribution in [0.25, 0.3) is 0 Å². The second-order valence-electron chi connectivity index (χ2n) is 4.43. The molecule has 0 radical (unpaired) electrons. The van der Waals surface area contributed by atoms with Crippen molar-refractivity contribution in [2.24, 2.45) is 7.05 Å². The zero-order valence-corrected chi connectivity index (χ0v) is 13.5. The molecule has 0 aliphatic heterocycles. The van der Waals surface area contributed by atoms with Gasteiger partial charge in [-0.2, -0.15) is 0 Å². The molecule has 2 rings (SSSR count). The van der Waals surface area contributed by atoms with E-state index in [1.54, 1.807) is 11.8 Å². The van der Waals surface area contributed by atoms with E-state index in [1.807, 2.05) is 14.1 Å². The van der Waals surface area contributed by atoms with Crippen molar-refractivity contribution < 1.29 is 0 Å². The SMILES string of the molecule is CNCc1nnc(SCCCc2ccccc2)n1C.Cl. The Hall–Kier alpha value is -1.04. The van der Waals surface area contributed by atoms with Crippen molar-refractivity contribution in [1.29, 1.82) is 0 Å². The van der Waals surface area contributed by atoms with Crippen molar-refractivity contribution >= 4 is 24.2 Å². The molecule has 6 heteroatoms. The lowest BCUT2D eigenvalue weighted by molar-refractivity contribution is 0.682. The molecule has 0 amide bonds. The molecule has 1 N–H and O–H groups in total. The molecular weight excluding hydrogens is 292 g/mol. The third-order valence-corrected chi connectivity index (χ3v) is 4.05. The van der Waals surface area contributed by atoms with Gasteiger partial charge in [-0.3, -0.25) is 0 Å². The molecule has 0 spiro atoms. The van der Waals surface area contributed by atoms with Gasteiger partial charge in [-0.05, 0) is 25.5 Å². The van der Waals surface area contributed by atoms with Crippen LogP contribution in [0.3, 0.4) is 0 Å². The molecule has 1 aromatic carbocycles. The maximum absolute atomic E-state index is 4.21. The van der Waals surface area contributed by atoms with Crippen molar-refractivity contribution in [3.05, 3.63) is 41.7 Å². The normalized spacial score (nSPS) is 10.3. The van der Waals surface area contributed by atoms with Crippen LogP contribution in [-0.2, 0) is 20.0 Å². The van der Waals surface area contributed by atoms with Crippen molar-refractivity contribution in [1.82, 2.24) is 20.1 Å². The molecule has 0 aliphatic rings. The van der Waals surface area contributed by atoms with Crippen LogP contribution in [0.15, 0.2) is 35.5 Å². The first kappa shape index (κ1) is 17.0. The van der Waals surface area contributed by atoms with E-state index in [0.717, 1.165) is 36.1 Å². The first-order valence-corrected chi connectivity index (χ1v) is 7.49. The summed E-state index contributed by atoms with van der Waals surface area (Å²) >= 11 is 1.77. The molecule has 0 fully saturated rings. The highest BCUT2D eigenvalue weighted by molar-refractivity contribution is 7.99. The van der Waals surface area contributed by atoms with E-state index >= 15 is 0 Å². The van der Waals surface area contributed by atoms with Gasteiger partial charge in [0.1, 0.15) is 5.82 Å². The fourth-order valence-corrected chi connectivity index (χ4v) is 2.74. The molecule has 4 nitrogen and oxygen atoms in total. The number of nitrogens with one attached hydrogen (secondary N) is 1. The average molecular weight is 313 g/mol. The molecule has 0 atom stereocenters. The lowest BCUT2D eigenvalue weighted by Crippen LogP contribution is -2.10. The minimum atomic E-state index is 0. The summed E-state index contributed by atoms with van der Waals surface area (Å²) in [5.41, 5.74) is 1.40. The van der Waals surface area contributed by atoms with Gasteiger partial charge in [0.25, 0.3) is 0 Å². The standard InChI is InChI=1S/C14H20N4S.ClH/c1-15-11-13-16-17-14(18(13)2)19-10-6-9-12-7-4-3-5-8-12;/h3-5,7-8,15H,6,9-11H2,1-2H3;1H. The van der Waals surface area contributed by atoms with E-state index in [0.29, 0.717) is 0 Å². The zero-order valence-electron chi connectivity index (χ0n) is 11.9. The largest absolute Gasteiger partial charge is 0.313 e. The van der Waals surface area contributed by atoms with E-state index in [-0.39, 0.29) is 12.4 Å². The topological polar surface area (TPSA) is 42.7 Å². The maximum atomic E-state index is 4.21. The third-order valence-electron chi connectivity index (χ3n) is 2.94.